The van der Waals surface area contributed by atoms with Gasteiger partial charge in [0.05, 0.1) is 0 Å². The first-order valence-corrected chi connectivity index (χ1v) is 26.0. The van der Waals surface area contributed by atoms with E-state index in [1.54, 1.807) is 10.6 Å². The van der Waals surface area contributed by atoms with E-state index in [1.807, 2.05) is 0 Å². The molecule has 6 heteroatoms. The first-order valence-electron chi connectivity index (χ1n) is 1.91. The fraction of sp³-hybridized carbons (Fsp3) is 1.00. The molecule has 1 rings (SSSR count). The van der Waals surface area contributed by atoms with Gasteiger partial charge in [-0.1, -0.05) is 0 Å². The second-order valence-corrected chi connectivity index (χ2v) is 46.7. The number of hydrogen-bond acceptors (Lipinski definition) is 0. The second-order valence-electron chi connectivity index (χ2n) is 0.916. The van der Waals surface area contributed by atoms with E-state index in [0.717, 1.165) is 26.3 Å². The van der Waals surface area contributed by atoms with Crippen LogP contribution in [0.2, 0.25) is 10.6 Å². The minimum atomic E-state index is 1.16. The summed E-state index contributed by atoms with van der Waals surface area (Å²) in [5.74, 6) is 0. The van der Waals surface area contributed by atoms with Crippen molar-refractivity contribution in [1.29, 1.82) is 0 Å². The molecule has 8 heavy (non-hydrogen) atoms. The summed E-state index contributed by atoms with van der Waals surface area (Å²) in [6.45, 7) is 0. The maximum absolute atomic E-state index is 1.66. The average Bonchev–Trinajstić information content (AvgIpc) is 1.62. The summed E-state index contributed by atoms with van der Waals surface area (Å²) in [7, 11) is 0. The molecule has 0 aliphatic carbocycles. The summed E-state index contributed by atoms with van der Waals surface area (Å²) in [6.07, 6.45) is 0. The quantitative estimate of drug-likeness (QED) is 0.360. The predicted octanol–water partition coefficient (Wildman–Crippen LogP) is -1.36. The third-order valence-electron chi connectivity index (χ3n) is 0.430. The van der Waals surface area contributed by atoms with Crippen LogP contribution in [0.5, 0.6) is 0 Å². The Morgan fingerprint density at radius 3 is 1.62 bits per heavy atom. The molecule has 0 unspecified atom stereocenters. The molecule has 0 aromatic rings. The normalized spacial score (nSPS) is 24.0. The molecule has 48 valence electrons. The standard InChI is InChI=1S/C2H4Se6/c1-2-4-6-8-7-5-3-1/h1-2H2. The van der Waals surface area contributed by atoms with Crippen LogP contribution in [0.3, 0.4) is 0 Å². The van der Waals surface area contributed by atoms with Gasteiger partial charge in [-0.2, -0.15) is 0 Å². The van der Waals surface area contributed by atoms with Crippen molar-refractivity contribution >= 4 is 71.5 Å². The molecule has 0 aromatic carbocycles. The van der Waals surface area contributed by atoms with Crippen LogP contribution in [-0.2, 0) is 0 Å². The minimum absolute atomic E-state index is 1.16. The third kappa shape index (κ3) is 4.86. The van der Waals surface area contributed by atoms with Gasteiger partial charge in [0.25, 0.3) is 0 Å². The molecular weight excluding hydrogens is 498 g/mol. The Bertz CT molecular complexity index is 30.5. The summed E-state index contributed by atoms with van der Waals surface area (Å²) in [4.78, 5) is 0. The van der Waals surface area contributed by atoms with Crippen molar-refractivity contribution in [3.8, 4) is 0 Å². The van der Waals surface area contributed by atoms with Crippen molar-refractivity contribution in [2.75, 3.05) is 0 Å². The molecule has 0 radical (unpaired) electrons. The number of hydrogen-bond donors (Lipinski definition) is 0. The first kappa shape index (κ1) is 9.21. The van der Waals surface area contributed by atoms with E-state index >= 15 is 0 Å². The molecule has 0 amide bonds. The Morgan fingerprint density at radius 2 is 1.12 bits per heavy atom. The van der Waals surface area contributed by atoms with Gasteiger partial charge in [-0.25, -0.2) is 0 Å². The number of rotatable bonds is 0. The van der Waals surface area contributed by atoms with E-state index in [2.05, 4.69) is 0 Å². The molecule has 1 aliphatic rings. The predicted molar refractivity (Wildman–Crippen MR) is 44.1 cm³/mol. The fourth-order valence-electron chi connectivity index (χ4n) is 0.198. The van der Waals surface area contributed by atoms with Crippen molar-refractivity contribution in [1.82, 2.24) is 0 Å². The zero-order valence-corrected chi connectivity index (χ0v) is 14.1. The molecule has 0 nitrogen and oxygen atoms in total. The zero-order valence-electron chi connectivity index (χ0n) is 3.86. The first-order chi connectivity index (χ1) is 4.00. The van der Waals surface area contributed by atoms with Crippen LogP contribution in [0.15, 0.2) is 0 Å². The molecule has 1 saturated heterocycles. The zero-order chi connectivity index (χ0) is 5.66. The van der Waals surface area contributed by atoms with Gasteiger partial charge in [-0.15, -0.1) is 0 Å². The Balaban J connectivity index is 2.00. The molecule has 0 aromatic heterocycles. The van der Waals surface area contributed by atoms with E-state index in [1.165, 1.54) is 45.2 Å². The van der Waals surface area contributed by atoms with E-state index in [4.69, 9.17) is 0 Å². The molecule has 1 fully saturated rings. The third-order valence-corrected chi connectivity index (χ3v) is 81.0. The maximum atomic E-state index is 1.66. The van der Waals surface area contributed by atoms with Gasteiger partial charge >= 0.3 is 82.1 Å². The van der Waals surface area contributed by atoms with Gasteiger partial charge in [0, 0.05) is 0 Å². The van der Waals surface area contributed by atoms with Gasteiger partial charge in [0.1, 0.15) is 0 Å². The van der Waals surface area contributed by atoms with Crippen molar-refractivity contribution in [3.63, 3.8) is 0 Å². The summed E-state index contributed by atoms with van der Waals surface area (Å²) in [5.41, 5.74) is 0. The Kier molecular flexibility index (Phi) is 7.83. The van der Waals surface area contributed by atoms with Crippen LogP contribution in [0, 0.1) is 0 Å². The molecule has 0 saturated carbocycles. The Morgan fingerprint density at radius 1 is 0.625 bits per heavy atom. The van der Waals surface area contributed by atoms with Gasteiger partial charge < -0.3 is 0 Å². The summed E-state index contributed by atoms with van der Waals surface area (Å²) >= 11 is 7.18. The van der Waals surface area contributed by atoms with Crippen LogP contribution >= 0.6 is 0 Å². The topological polar surface area (TPSA) is 0 Å². The molecule has 0 spiro atoms. The Hall–Kier alpha value is 3.12. The summed E-state index contributed by atoms with van der Waals surface area (Å²) in [5, 5.41) is 3.32. The van der Waals surface area contributed by atoms with Crippen LogP contribution in [-0.4, -0.2) is 71.5 Å². The van der Waals surface area contributed by atoms with Crippen LogP contribution in [0.4, 0.5) is 0 Å². The summed E-state index contributed by atoms with van der Waals surface area (Å²) in [6, 6.07) is 0. The molecule has 0 bridgehead atoms. The SMILES string of the molecule is C1C[Se][Se][Se][Se][Se][Se]1. The van der Waals surface area contributed by atoms with Crippen molar-refractivity contribution < 1.29 is 0 Å². The van der Waals surface area contributed by atoms with Crippen LogP contribution in [0.25, 0.3) is 0 Å². The van der Waals surface area contributed by atoms with Gasteiger partial charge in [-0.3, -0.25) is 0 Å². The molecule has 1 aliphatic heterocycles. The van der Waals surface area contributed by atoms with Gasteiger partial charge in [-0.05, 0) is 0 Å². The van der Waals surface area contributed by atoms with Crippen molar-refractivity contribution in [3.05, 3.63) is 0 Å². The van der Waals surface area contributed by atoms with E-state index in [-0.39, 0.29) is 0 Å². The molecule has 0 atom stereocenters. The summed E-state index contributed by atoms with van der Waals surface area (Å²) < 4.78 is 0. The van der Waals surface area contributed by atoms with Gasteiger partial charge in [0.15, 0.2) is 0 Å². The Labute approximate surface area is 80.5 Å². The second kappa shape index (κ2) is 6.80. The monoisotopic (exact) mass is 508 g/mol. The molecule has 0 N–H and O–H groups in total. The molecular formula is C2H4Se6. The average molecular weight is 502 g/mol. The van der Waals surface area contributed by atoms with Crippen molar-refractivity contribution in [2.24, 2.45) is 0 Å². The van der Waals surface area contributed by atoms with Crippen LogP contribution in [0.1, 0.15) is 0 Å². The van der Waals surface area contributed by atoms with E-state index in [9.17, 15) is 0 Å². The van der Waals surface area contributed by atoms with E-state index in [0.29, 0.717) is 0 Å². The molecule has 1 heterocycles. The van der Waals surface area contributed by atoms with Gasteiger partial charge in [0.2, 0.25) is 0 Å². The van der Waals surface area contributed by atoms with Crippen LogP contribution < -0.4 is 0 Å². The van der Waals surface area contributed by atoms with Crippen molar-refractivity contribution in [2.45, 2.75) is 10.6 Å². The van der Waals surface area contributed by atoms with E-state index < -0.39 is 0 Å². The fourth-order valence-corrected chi connectivity index (χ4v) is 134.